The maximum atomic E-state index is 14.0. The van der Waals surface area contributed by atoms with E-state index in [2.05, 4.69) is 0 Å². The molecule has 3 aromatic carbocycles. The highest BCUT2D eigenvalue weighted by molar-refractivity contribution is 5.73. The molecule has 1 aliphatic rings. The van der Waals surface area contributed by atoms with Gasteiger partial charge in [0.1, 0.15) is 24.4 Å². The lowest BCUT2D eigenvalue weighted by atomic mass is 9.92. The third-order valence-corrected chi connectivity index (χ3v) is 6.03. The van der Waals surface area contributed by atoms with Crippen molar-refractivity contribution in [2.24, 2.45) is 0 Å². The van der Waals surface area contributed by atoms with Crippen LogP contribution in [0.15, 0.2) is 91.0 Å². The van der Waals surface area contributed by atoms with Gasteiger partial charge in [-0.3, -0.25) is 0 Å². The van der Waals surface area contributed by atoms with E-state index < -0.39 is 36.4 Å². The summed E-state index contributed by atoms with van der Waals surface area (Å²) >= 11 is 0. The molecule has 1 aliphatic heterocycles. The summed E-state index contributed by atoms with van der Waals surface area (Å²) in [5, 5.41) is 9.79. The molecule has 8 heteroatoms. The van der Waals surface area contributed by atoms with Crippen LogP contribution in [0.25, 0.3) is 0 Å². The predicted molar refractivity (Wildman–Crippen MR) is 130 cm³/mol. The molecule has 0 radical (unpaired) electrons. The number of benzene rings is 3. The van der Waals surface area contributed by atoms with E-state index in [-0.39, 0.29) is 19.8 Å². The molecule has 2 N–H and O–H groups in total. The minimum absolute atomic E-state index is 0.0440. The molecule has 1 fully saturated rings. The topological polar surface area (TPSA) is 86.3 Å². The molecule has 3 aromatic rings. The van der Waals surface area contributed by atoms with E-state index >= 15 is 0 Å². The minimum Gasteiger partial charge on any atom is -0.479 e. The van der Waals surface area contributed by atoms with Gasteiger partial charge in [0.05, 0.1) is 26.4 Å². The first-order valence-electron chi connectivity index (χ1n) is 11.8. The van der Waals surface area contributed by atoms with Crippen molar-refractivity contribution in [1.82, 2.24) is 5.54 Å². The number of ether oxygens (including phenoxy) is 4. The lowest BCUT2D eigenvalue weighted by Crippen LogP contribution is -2.65. The zero-order chi connectivity index (χ0) is 25.2. The van der Waals surface area contributed by atoms with Crippen molar-refractivity contribution < 1.29 is 33.3 Å². The Morgan fingerprint density at radius 3 is 1.72 bits per heavy atom. The van der Waals surface area contributed by atoms with Gasteiger partial charge >= 0.3 is 5.97 Å². The van der Waals surface area contributed by atoms with Crippen LogP contribution in [0, 0.1) is 0 Å². The van der Waals surface area contributed by atoms with E-state index in [4.69, 9.17) is 18.9 Å². The summed E-state index contributed by atoms with van der Waals surface area (Å²) in [6.07, 6.45) is -4.05. The molecule has 1 unspecified atom stereocenters. The first kappa shape index (κ1) is 25.9. The number of hydrogen-bond acceptors (Lipinski definition) is 6. The molecule has 0 aliphatic carbocycles. The molecule has 0 bridgehead atoms. The van der Waals surface area contributed by atoms with E-state index in [9.17, 15) is 14.4 Å². The summed E-state index contributed by atoms with van der Waals surface area (Å²) in [7, 11) is 0. The number of hydrogen-bond donors (Lipinski definition) is 2. The van der Waals surface area contributed by atoms with Gasteiger partial charge in [-0.05, 0) is 16.7 Å². The fourth-order valence-electron chi connectivity index (χ4n) is 4.21. The number of carboxylic acids is 1. The summed E-state index contributed by atoms with van der Waals surface area (Å²) < 4.78 is 38.1. The van der Waals surface area contributed by atoms with Crippen LogP contribution < -0.4 is 5.54 Å². The van der Waals surface area contributed by atoms with Crippen LogP contribution in [0.3, 0.4) is 0 Å². The number of rotatable bonds is 12. The molecule has 0 amide bonds. The highest BCUT2D eigenvalue weighted by Crippen LogP contribution is 2.29. The fraction of sp³-hybridized carbons (Fsp3) is 0.321. The first-order valence-corrected chi connectivity index (χ1v) is 11.8. The SMILES string of the molecule is O=C(O)[C@@H]1O[C@H](COCc2ccccc2)[C@@H](OCc2ccccc2)[C@H](OCc2ccccc2)C1NF. The van der Waals surface area contributed by atoms with Crippen LogP contribution in [0.4, 0.5) is 4.48 Å². The van der Waals surface area contributed by atoms with Crippen LogP contribution in [0.1, 0.15) is 16.7 Å². The Kier molecular flexibility index (Phi) is 9.54. The Morgan fingerprint density at radius 1 is 0.778 bits per heavy atom. The van der Waals surface area contributed by atoms with Crippen LogP contribution >= 0.6 is 0 Å². The molecule has 190 valence electrons. The molecule has 36 heavy (non-hydrogen) atoms. The van der Waals surface area contributed by atoms with E-state index in [1.807, 2.05) is 91.0 Å². The number of halogens is 1. The van der Waals surface area contributed by atoms with E-state index in [1.54, 1.807) is 5.54 Å². The van der Waals surface area contributed by atoms with Crippen molar-refractivity contribution in [3.63, 3.8) is 0 Å². The van der Waals surface area contributed by atoms with Crippen LogP contribution in [-0.2, 0) is 43.6 Å². The minimum atomic E-state index is -1.49. The molecule has 0 saturated carbocycles. The maximum Gasteiger partial charge on any atom is 0.334 e. The van der Waals surface area contributed by atoms with Gasteiger partial charge in [-0.15, -0.1) is 4.48 Å². The van der Waals surface area contributed by atoms with Gasteiger partial charge < -0.3 is 24.1 Å². The first-order chi connectivity index (χ1) is 17.7. The molecule has 5 atom stereocenters. The number of carbonyl (C=O) groups is 1. The average molecular weight is 496 g/mol. The predicted octanol–water partition coefficient (Wildman–Crippen LogP) is 4.07. The third kappa shape index (κ3) is 6.96. The Hall–Kier alpha value is -3.14. The Balaban J connectivity index is 1.55. The smallest absolute Gasteiger partial charge is 0.334 e. The summed E-state index contributed by atoms with van der Waals surface area (Å²) in [4.78, 5) is 12.0. The summed E-state index contributed by atoms with van der Waals surface area (Å²) in [5.41, 5.74) is 4.34. The molecule has 0 aromatic heterocycles. The lowest BCUT2D eigenvalue weighted by Gasteiger charge is -2.44. The summed E-state index contributed by atoms with van der Waals surface area (Å²) in [6, 6.07) is 27.2. The normalized spacial score (nSPS) is 23.9. The molecular weight excluding hydrogens is 465 g/mol. The second kappa shape index (κ2) is 13.2. The van der Waals surface area contributed by atoms with Gasteiger partial charge in [-0.1, -0.05) is 91.0 Å². The maximum absolute atomic E-state index is 14.0. The van der Waals surface area contributed by atoms with Crippen LogP contribution in [-0.4, -0.2) is 48.1 Å². The van der Waals surface area contributed by atoms with Crippen molar-refractivity contribution in [3.8, 4) is 0 Å². The van der Waals surface area contributed by atoms with Crippen molar-refractivity contribution in [2.75, 3.05) is 6.61 Å². The van der Waals surface area contributed by atoms with Gasteiger partial charge in [0.15, 0.2) is 6.10 Å². The Labute approximate surface area is 209 Å². The van der Waals surface area contributed by atoms with E-state index in [0.29, 0.717) is 6.61 Å². The molecule has 4 rings (SSSR count). The van der Waals surface area contributed by atoms with Gasteiger partial charge in [0, 0.05) is 0 Å². The second-order valence-corrected chi connectivity index (χ2v) is 8.59. The molecule has 1 heterocycles. The Morgan fingerprint density at radius 2 is 1.25 bits per heavy atom. The number of carboxylic acid groups (broad SMARTS) is 1. The van der Waals surface area contributed by atoms with Crippen molar-refractivity contribution >= 4 is 5.97 Å². The zero-order valence-corrected chi connectivity index (χ0v) is 19.7. The monoisotopic (exact) mass is 495 g/mol. The fourth-order valence-corrected chi connectivity index (χ4v) is 4.21. The van der Waals surface area contributed by atoms with Crippen molar-refractivity contribution in [1.29, 1.82) is 0 Å². The standard InChI is InChI=1S/C28H30FNO6/c29-30-24-26(35-18-22-14-8-3-9-15-22)25(34-17-21-12-6-2-7-13-21)23(36-27(24)28(31)32)19-33-16-20-10-4-1-5-11-20/h1-15,23-27,30H,16-19H2,(H,31,32)/t23-,24?,25-,26-,27-/m1/s1. The zero-order valence-electron chi connectivity index (χ0n) is 19.7. The quantitative estimate of drug-likeness (QED) is 0.367. The van der Waals surface area contributed by atoms with Crippen molar-refractivity contribution in [2.45, 2.75) is 50.3 Å². The molecule has 0 spiro atoms. The van der Waals surface area contributed by atoms with Crippen LogP contribution in [0.2, 0.25) is 0 Å². The lowest BCUT2D eigenvalue weighted by molar-refractivity contribution is -0.240. The average Bonchev–Trinajstić information content (AvgIpc) is 2.92. The summed E-state index contributed by atoms with van der Waals surface area (Å²) in [5.74, 6) is -1.30. The van der Waals surface area contributed by atoms with Gasteiger partial charge in [-0.25, -0.2) is 4.79 Å². The second-order valence-electron chi connectivity index (χ2n) is 8.59. The molecule has 7 nitrogen and oxygen atoms in total. The Bertz CT molecular complexity index is 1060. The number of nitrogens with one attached hydrogen (secondary N) is 1. The summed E-state index contributed by atoms with van der Waals surface area (Å²) in [6.45, 7) is 0.720. The van der Waals surface area contributed by atoms with Crippen molar-refractivity contribution in [3.05, 3.63) is 108 Å². The highest BCUT2D eigenvalue weighted by atomic mass is 19.2. The molecular formula is C28H30FNO6. The highest BCUT2D eigenvalue weighted by Gasteiger charge is 2.50. The van der Waals surface area contributed by atoms with Gasteiger partial charge in [-0.2, -0.15) is 5.54 Å². The van der Waals surface area contributed by atoms with Gasteiger partial charge in [0.25, 0.3) is 0 Å². The largest absolute Gasteiger partial charge is 0.479 e. The van der Waals surface area contributed by atoms with E-state index in [1.165, 1.54) is 0 Å². The van der Waals surface area contributed by atoms with Crippen LogP contribution in [0.5, 0.6) is 0 Å². The third-order valence-electron chi connectivity index (χ3n) is 6.03. The number of aliphatic carboxylic acids is 1. The van der Waals surface area contributed by atoms with E-state index in [0.717, 1.165) is 16.7 Å². The van der Waals surface area contributed by atoms with Gasteiger partial charge in [0.2, 0.25) is 0 Å². The molecule has 1 saturated heterocycles.